The Morgan fingerprint density at radius 3 is 2.48 bits per heavy atom. The summed E-state index contributed by atoms with van der Waals surface area (Å²) in [4.78, 5) is 24.7. The molecule has 1 aliphatic heterocycles. The van der Waals surface area contributed by atoms with E-state index >= 15 is 0 Å². The van der Waals surface area contributed by atoms with Gasteiger partial charge in [0.15, 0.2) is 12.4 Å². The van der Waals surface area contributed by atoms with Crippen LogP contribution in [0, 0.1) is 6.92 Å². The topological polar surface area (TPSA) is 72.1 Å². The van der Waals surface area contributed by atoms with Gasteiger partial charge in [0.1, 0.15) is 17.6 Å². The number of Topliss-reactive ketones (excluding diaryl/α,β-unsaturated/α-hetero) is 1. The van der Waals surface area contributed by atoms with Gasteiger partial charge in [-0.15, -0.1) is 0 Å². The summed E-state index contributed by atoms with van der Waals surface area (Å²) >= 11 is 0. The van der Waals surface area contributed by atoms with Gasteiger partial charge in [0.25, 0.3) is 5.91 Å². The Labute approximate surface area is 181 Å². The number of benzene rings is 2. The fourth-order valence-electron chi connectivity index (χ4n) is 3.52. The van der Waals surface area contributed by atoms with Gasteiger partial charge in [0.2, 0.25) is 0 Å². The van der Waals surface area contributed by atoms with Crippen molar-refractivity contribution in [2.24, 2.45) is 5.10 Å². The molecule has 1 aliphatic rings. The fraction of sp³-hybridized carbons (Fsp3) is 0.240. The molecule has 1 aromatic heterocycles. The third-order valence-electron chi connectivity index (χ3n) is 5.28. The molecule has 0 radical (unpaired) electrons. The van der Waals surface area contributed by atoms with E-state index in [2.05, 4.69) is 5.10 Å². The molecule has 1 amide bonds. The summed E-state index contributed by atoms with van der Waals surface area (Å²) in [5, 5.41) is 6.05. The molecule has 4 rings (SSSR count). The second-order valence-electron chi connectivity index (χ2n) is 7.48. The molecule has 3 aromatic rings. The number of hydrogen-bond donors (Lipinski definition) is 0. The lowest BCUT2D eigenvalue weighted by atomic mass is 10.0. The molecule has 2 aromatic carbocycles. The molecule has 6 nitrogen and oxygen atoms in total. The zero-order chi connectivity index (χ0) is 21.8. The van der Waals surface area contributed by atoms with E-state index in [0.717, 1.165) is 16.8 Å². The van der Waals surface area contributed by atoms with Crippen molar-refractivity contribution < 1.29 is 18.7 Å². The van der Waals surface area contributed by atoms with Crippen LogP contribution in [-0.2, 0) is 4.79 Å². The van der Waals surface area contributed by atoms with Gasteiger partial charge in [-0.05, 0) is 48.9 Å². The first-order valence-corrected chi connectivity index (χ1v) is 10.3. The van der Waals surface area contributed by atoms with Gasteiger partial charge in [0, 0.05) is 18.4 Å². The molecule has 1 unspecified atom stereocenters. The van der Waals surface area contributed by atoms with E-state index < -0.39 is 0 Å². The highest BCUT2D eigenvalue weighted by Crippen LogP contribution is 2.33. The number of nitrogens with zero attached hydrogens (tertiary/aromatic N) is 2. The van der Waals surface area contributed by atoms with E-state index in [-0.39, 0.29) is 24.3 Å². The molecule has 6 heteroatoms. The van der Waals surface area contributed by atoms with Crippen LogP contribution in [0.4, 0.5) is 0 Å². The second-order valence-corrected chi connectivity index (χ2v) is 7.48. The molecular formula is C25H24N2O4. The van der Waals surface area contributed by atoms with Crippen LogP contribution in [0.25, 0.3) is 0 Å². The number of carbonyl (C=O) groups is 2. The molecule has 0 saturated carbocycles. The highest BCUT2D eigenvalue weighted by molar-refractivity contribution is 6.03. The summed E-state index contributed by atoms with van der Waals surface area (Å²) in [6.45, 7) is 3.69. The minimum atomic E-state index is -0.313. The number of carbonyl (C=O) groups excluding carboxylic acids is 2. The maximum absolute atomic E-state index is 13.0. The predicted molar refractivity (Wildman–Crippen MR) is 117 cm³/mol. The van der Waals surface area contributed by atoms with Gasteiger partial charge in [0.05, 0.1) is 12.0 Å². The van der Waals surface area contributed by atoms with Gasteiger partial charge < -0.3 is 9.15 Å². The Kier molecular flexibility index (Phi) is 5.98. The number of ether oxygens (including phenoxy) is 1. The van der Waals surface area contributed by atoms with Crippen molar-refractivity contribution in [2.75, 3.05) is 6.61 Å². The molecular weight excluding hydrogens is 392 g/mol. The summed E-state index contributed by atoms with van der Waals surface area (Å²) in [6, 6.07) is 18.2. The van der Waals surface area contributed by atoms with E-state index in [9.17, 15) is 9.59 Å². The molecule has 31 heavy (non-hydrogen) atoms. The SMILES string of the molecule is CCC(=O)c1ccc(OCC(=O)N2N=C(c3ccc(C)cc3)CC2c2ccco2)cc1. The first-order chi connectivity index (χ1) is 15.0. The van der Waals surface area contributed by atoms with Crippen LogP contribution in [0.15, 0.2) is 76.4 Å². The molecule has 2 heterocycles. The van der Waals surface area contributed by atoms with Crippen LogP contribution in [0.3, 0.4) is 0 Å². The zero-order valence-corrected chi connectivity index (χ0v) is 17.6. The minimum Gasteiger partial charge on any atom is -0.484 e. The molecule has 0 bridgehead atoms. The number of ketones is 1. The molecule has 1 atom stereocenters. The van der Waals surface area contributed by atoms with Crippen LogP contribution in [0.5, 0.6) is 5.75 Å². The fourth-order valence-corrected chi connectivity index (χ4v) is 3.52. The second kappa shape index (κ2) is 9.00. The Morgan fingerprint density at radius 2 is 1.84 bits per heavy atom. The van der Waals surface area contributed by atoms with Crippen molar-refractivity contribution in [3.63, 3.8) is 0 Å². The summed E-state index contributed by atoms with van der Waals surface area (Å²) in [7, 11) is 0. The lowest BCUT2D eigenvalue weighted by Crippen LogP contribution is -2.31. The van der Waals surface area contributed by atoms with E-state index in [1.165, 1.54) is 5.01 Å². The molecule has 0 fully saturated rings. The van der Waals surface area contributed by atoms with E-state index in [0.29, 0.717) is 29.9 Å². The minimum absolute atomic E-state index is 0.0685. The van der Waals surface area contributed by atoms with Crippen molar-refractivity contribution in [3.8, 4) is 5.75 Å². The van der Waals surface area contributed by atoms with E-state index in [4.69, 9.17) is 9.15 Å². The summed E-state index contributed by atoms with van der Waals surface area (Å²) < 4.78 is 11.2. The molecule has 0 spiro atoms. The molecule has 158 valence electrons. The Balaban J connectivity index is 1.49. The van der Waals surface area contributed by atoms with Gasteiger partial charge >= 0.3 is 0 Å². The van der Waals surface area contributed by atoms with Gasteiger partial charge in [-0.2, -0.15) is 5.10 Å². The van der Waals surface area contributed by atoms with E-state index in [1.807, 2.05) is 44.2 Å². The number of aryl methyl sites for hydroxylation is 1. The first-order valence-electron chi connectivity index (χ1n) is 10.3. The third kappa shape index (κ3) is 4.58. The van der Waals surface area contributed by atoms with Crippen LogP contribution in [0.2, 0.25) is 0 Å². The summed E-state index contributed by atoms with van der Waals surface area (Å²) in [5.74, 6) is 1.01. The predicted octanol–water partition coefficient (Wildman–Crippen LogP) is 4.94. The lowest BCUT2D eigenvalue weighted by molar-refractivity contribution is -0.135. The lowest BCUT2D eigenvalue weighted by Gasteiger charge is -2.20. The zero-order valence-electron chi connectivity index (χ0n) is 17.6. The summed E-state index contributed by atoms with van der Waals surface area (Å²) in [6.07, 6.45) is 2.61. The van der Waals surface area contributed by atoms with Crippen molar-refractivity contribution >= 4 is 17.4 Å². The number of furan rings is 1. The number of rotatable bonds is 7. The normalized spacial score (nSPS) is 15.6. The largest absolute Gasteiger partial charge is 0.484 e. The Hall–Kier alpha value is -3.67. The number of hydrazone groups is 1. The standard InChI is InChI=1S/C25H24N2O4/c1-3-23(28)19-10-12-20(13-11-19)31-16-25(29)27-22(24-5-4-14-30-24)15-21(26-27)18-8-6-17(2)7-9-18/h4-14,22H,3,15-16H2,1-2H3. The average molecular weight is 416 g/mol. The van der Waals surface area contributed by atoms with Crippen LogP contribution in [-0.4, -0.2) is 29.0 Å². The number of hydrogen-bond acceptors (Lipinski definition) is 5. The maximum atomic E-state index is 13.0. The van der Waals surface area contributed by atoms with Gasteiger partial charge in [-0.1, -0.05) is 36.8 Å². The van der Waals surface area contributed by atoms with Crippen molar-refractivity contribution in [2.45, 2.75) is 32.7 Å². The van der Waals surface area contributed by atoms with Crippen LogP contribution < -0.4 is 4.74 Å². The van der Waals surface area contributed by atoms with Crippen LogP contribution in [0.1, 0.15) is 53.1 Å². The van der Waals surface area contributed by atoms with Gasteiger partial charge in [-0.3, -0.25) is 9.59 Å². The average Bonchev–Trinajstić information content (AvgIpc) is 3.48. The Morgan fingerprint density at radius 1 is 1.10 bits per heavy atom. The monoisotopic (exact) mass is 416 g/mol. The quantitative estimate of drug-likeness (QED) is 0.512. The molecule has 0 saturated heterocycles. The van der Waals surface area contributed by atoms with Crippen molar-refractivity contribution in [3.05, 3.63) is 89.4 Å². The van der Waals surface area contributed by atoms with Crippen LogP contribution >= 0.6 is 0 Å². The maximum Gasteiger partial charge on any atom is 0.281 e. The van der Waals surface area contributed by atoms with Crippen molar-refractivity contribution in [1.29, 1.82) is 0 Å². The highest BCUT2D eigenvalue weighted by Gasteiger charge is 2.35. The van der Waals surface area contributed by atoms with E-state index in [1.54, 1.807) is 36.6 Å². The first kappa shape index (κ1) is 20.6. The smallest absolute Gasteiger partial charge is 0.281 e. The highest BCUT2D eigenvalue weighted by atomic mass is 16.5. The molecule has 0 N–H and O–H groups in total. The van der Waals surface area contributed by atoms with Gasteiger partial charge in [-0.25, -0.2) is 5.01 Å². The molecule has 0 aliphatic carbocycles. The third-order valence-corrected chi connectivity index (χ3v) is 5.28. The summed E-state index contributed by atoms with van der Waals surface area (Å²) in [5.41, 5.74) is 3.61. The van der Waals surface area contributed by atoms with Crippen molar-refractivity contribution in [1.82, 2.24) is 5.01 Å². The number of amides is 1. The Bertz CT molecular complexity index is 1080.